The van der Waals surface area contributed by atoms with E-state index in [4.69, 9.17) is 4.74 Å². The average molecular weight is 343 g/mol. The molecule has 132 valence electrons. The summed E-state index contributed by atoms with van der Waals surface area (Å²) < 4.78 is 6.81. The van der Waals surface area contributed by atoms with Gasteiger partial charge in [0.25, 0.3) is 5.91 Å². The number of methoxy groups -OCH3 is 1. The van der Waals surface area contributed by atoms with E-state index >= 15 is 0 Å². The van der Waals surface area contributed by atoms with Gasteiger partial charge in [-0.25, -0.2) is 4.79 Å². The van der Waals surface area contributed by atoms with E-state index in [1.165, 1.54) is 11.1 Å². The van der Waals surface area contributed by atoms with Gasteiger partial charge >= 0.3 is 5.97 Å². The molecule has 1 fully saturated rings. The highest BCUT2D eigenvalue weighted by molar-refractivity contribution is 5.96. The maximum absolute atomic E-state index is 12.7. The Hall–Kier alpha value is -2.83. The van der Waals surface area contributed by atoms with Crippen LogP contribution in [0.3, 0.4) is 0 Å². The summed E-state index contributed by atoms with van der Waals surface area (Å²) in [5, 5.41) is 13.6. The number of ether oxygens (including phenoxy) is 1. The van der Waals surface area contributed by atoms with Crippen LogP contribution in [0.25, 0.3) is 0 Å². The zero-order valence-corrected chi connectivity index (χ0v) is 14.1. The molecule has 1 aliphatic rings. The number of amides is 1. The summed E-state index contributed by atoms with van der Waals surface area (Å²) in [5.74, 6) is -0.434. The summed E-state index contributed by atoms with van der Waals surface area (Å²) >= 11 is 0. The minimum absolute atomic E-state index is 0.270. The van der Waals surface area contributed by atoms with Crippen LogP contribution in [-0.2, 0) is 11.3 Å². The molecule has 0 spiro atoms. The molecule has 25 heavy (non-hydrogen) atoms. The molecule has 0 bridgehead atoms. The standard InChI is InChI=1S/C18H21N3O4/c1-25-15-7-5-13(6-8-15)11-20-12-14(10-19-20)17(22)21-9-3-2-4-16(21)18(23)24/h5-8,10,12,16H,2-4,9,11H2,1H3,(H,23,24). The van der Waals surface area contributed by atoms with Crippen molar-refractivity contribution in [2.75, 3.05) is 13.7 Å². The molecular formula is C18H21N3O4. The van der Waals surface area contributed by atoms with Crippen LogP contribution in [0.15, 0.2) is 36.7 Å². The lowest BCUT2D eigenvalue weighted by Crippen LogP contribution is -2.47. The van der Waals surface area contributed by atoms with E-state index < -0.39 is 12.0 Å². The van der Waals surface area contributed by atoms with Gasteiger partial charge in [0.2, 0.25) is 0 Å². The van der Waals surface area contributed by atoms with E-state index in [-0.39, 0.29) is 5.91 Å². The van der Waals surface area contributed by atoms with Crippen LogP contribution in [0.5, 0.6) is 5.75 Å². The van der Waals surface area contributed by atoms with E-state index in [1.54, 1.807) is 18.0 Å². The van der Waals surface area contributed by atoms with Gasteiger partial charge in [-0.2, -0.15) is 5.10 Å². The Bertz CT molecular complexity index is 754. The van der Waals surface area contributed by atoms with Crippen molar-refractivity contribution >= 4 is 11.9 Å². The molecule has 1 atom stereocenters. The first-order valence-corrected chi connectivity index (χ1v) is 8.27. The third-order valence-corrected chi connectivity index (χ3v) is 4.43. The third kappa shape index (κ3) is 3.81. The number of likely N-dealkylation sites (tertiary alicyclic amines) is 1. The molecule has 1 aliphatic heterocycles. The molecule has 2 heterocycles. The fourth-order valence-corrected chi connectivity index (χ4v) is 3.08. The van der Waals surface area contributed by atoms with Crippen LogP contribution in [-0.4, -0.2) is 51.4 Å². The number of carbonyl (C=O) groups excluding carboxylic acids is 1. The Balaban J connectivity index is 1.71. The Labute approximate surface area is 145 Å². The Morgan fingerprint density at radius 2 is 2.04 bits per heavy atom. The van der Waals surface area contributed by atoms with Crippen LogP contribution in [0.4, 0.5) is 0 Å². The number of benzene rings is 1. The number of hydrogen-bond acceptors (Lipinski definition) is 4. The van der Waals surface area contributed by atoms with Crippen molar-refractivity contribution in [2.45, 2.75) is 31.8 Å². The second-order valence-corrected chi connectivity index (χ2v) is 6.12. The zero-order valence-electron chi connectivity index (χ0n) is 14.1. The van der Waals surface area contributed by atoms with Gasteiger partial charge in [0.1, 0.15) is 11.8 Å². The summed E-state index contributed by atoms with van der Waals surface area (Å²) in [4.78, 5) is 25.5. The van der Waals surface area contributed by atoms with Gasteiger partial charge in [0, 0.05) is 12.7 Å². The number of rotatable bonds is 5. The minimum atomic E-state index is -0.946. The van der Waals surface area contributed by atoms with Crippen molar-refractivity contribution < 1.29 is 19.4 Å². The topological polar surface area (TPSA) is 84.7 Å². The SMILES string of the molecule is COc1ccc(Cn2cc(C(=O)N3CCCCC3C(=O)O)cn2)cc1. The van der Waals surface area contributed by atoms with Crippen LogP contribution < -0.4 is 4.74 Å². The van der Waals surface area contributed by atoms with E-state index in [0.717, 1.165) is 24.2 Å². The number of carboxylic acid groups (broad SMARTS) is 1. The number of aromatic nitrogens is 2. The largest absolute Gasteiger partial charge is 0.497 e. The lowest BCUT2D eigenvalue weighted by molar-refractivity contribution is -0.143. The van der Waals surface area contributed by atoms with Crippen LogP contribution in [0, 0.1) is 0 Å². The van der Waals surface area contributed by atoms with Gasteiger partial charge in [-0.05, 0) is 37.0 Å². The lowest BCUT2D eigenvalue weighted by Gasteiger charge is -2.32. The van der Waals surface area contributed by atoms with Crippen molar-refractivity contribution in [1.29, 1.82) is 0 Å². The molecule has 0 radical (unpaired) electrons. The van der Waals surface area contributed by atoms with Crippen LogP contribution >= 0.6 is 0 Å². The maximum Gasteiger partial charge on any atom is 0.326 e. The molecule has 1 N–H and O–H groups in total. The Morgan fingerprint density at radius 3 is 2.72 bits per heavy atom. The molecule has 3 rings (SSSR count). The summed E-state index contributed by atoms with van der Waals surface area (Å²) in [7, 11) is 1.62. The predicted molar refractivity (Wildman–Crippen MR) is 90.6 cm³/mol. The van der Waals surface area contributed by atoms with E-state index in [2.05, 4.69) is 5.10 Å². The molecule has 1 aromatic carbocycles. The second kappa shape index (κ2) is 7.38. The summed E-state index contributed by atoms with van der Waals surface area (Å²) in [5.41, 5.74) is 1.45. The van der Waals surface area contributed by atoms with Crippen LogP contribution in [0.2, 0.25) is 0 Å². The van der Waals surface area contributed by atoms with Gasteiger partial charge in [-0.3, -0.25) is 9.48 Å². The zero-order chi connectivity index (χ0) is 17.8. The van der Waals surface area contributed by atoms with E-state index in [0.29, 0.717) is 25.1 Å². The Morgan fingerprint density at radius 1 is 1.28 bits per heavy atom. The number of aliphatic carboxylic acids is 1. The first kappa shape index (κ1) is 17.0. The number of hydrogen-bond donors (Lipinski definition) is 1. The number of nitrogens with zero attached hydrogens (tertiary/aromatic N) is 3. The third-order valence-electron chi connectivity index (χ3n) is 4.43. The smallest absolute Gasteiger partial charge is 0.326 e. The monoisotopic (exact) mass is 343 g/mol. The Kier molecular flexibility index (Phi) is 5.02. The summed E-state index contributed by atoms with van der Waals surface area (Å²) in [6.07, 6.45) is 5.33. The summed E-state index contributed by atoms with van der Waals surface area (Å²) in [6.45, 7) is 0.999. The normalized spacial score (nSPS) is 17.3. The highest BCUT2D eigenvalue weighted by Crippen LogP contribution is 2.20. The first-order valence-electron chi connectivity index (χ1n) is 8.27. The van der Waals surface area contributed by atoms with Crippen molar-refractivity contribution in [1.82, 2.24) is 14.7 Å². The lowest BCUT2D eigenvalue weighted by atomic mass is 10.0. The quantitative estimate of drug-likeness (QED) is 0.898. The molecule has 1 aromatic heterocycles. The number of carbonyl (C=O) groups is 2. The molecule has 1 saturated heterocycles. The number of carboxylic acids is 1. The molecule has 0 saturated carbocycles. The van der Waals surface area contributed by atoms with Crippen LogP contribution in [0.1, 0.15) is 35.2 Å². The molecule has 2 aromatic rings. The summed E-state index contributed by atoms with van der Waals surface area (Å²) in [6, 6.07) is 6.87. The van der Waals surface area contributed by atoms with Gasteiger partial charge in [-0.1, -0.05) is 12.1 Å². The van der Waals surface area contributed by atoms with Gasteiger partial charge in [0.15, 0.2) is 0 Å². The van der Waals surface area contributed by atoms with Gasteiger partial charge in [-0.15, -0.1) is 0 Å². The maximum atomic E-state index is 12.7. The molecule has 7 nitrogen and oxygen atoms in total. The highest BCUT2D eigenvalue weighted by Gasteiger charge is 2.32. The molecule has 1 amide bonds. The van der Waals surface area contributed by atoms with Crippen molar-refractivity contribution in [3.63, 3.8) is 0 Å². The molecule has 1 unspecified atom stereocenters. The van der Waals surface area contributed by atoms with Crippen molar-refractivity contribution in [2.24, 2.45) is 0 Å². The second-order valence-electron chi connectivity index (χ2n) is 6.12. The fourth-order valence-electron chi connectivity index (χ4n) is 3.08. The predicted octanol–water partition coefficient (Wildman–Crippen LogP) is 2.02. The minimum Gasteiger partial charge on any atom is -0.497 e. The van der Waals surface area contributed by atoms with Crippen molar-refractivity contribution in [3.8, 4) is 5.75 Å². The molecular weight excluding hydrogens is 322 g/mol. The van der Waals surface area contributed by atoms with Gasteiger partial charge in [0.05, 0.1) is 25.4 Å². The van der Waals surface area contributed by atoms with E-state index in [1.807, 2.05) is 24.3 Å². The fraction of sp³-hybridized carbons (Fsp3) is 0.389. The van der Waals surface area contributed by atoms with Crippen molar-refractivity contribution in [3.05, 3.63) is 47.8 Å². The molecule has 7 heteroatoms. The molecule has 0 aliphatic carbocycles. The highest BCUT2D eigenvalue weighted by atomic mass is 16.5. The first-order chi connectivity index (χ1) is 12.1. The number of piperidine rings is 1. The average Bonchev–Trinajstić information content (AvgIpc) is 3.10. The van der Waals surface area contributed by atoms with Gasteiger partial charge < -0.3 is 14.7 Å². The van der Waals surface area contributed by atoms with E-state index in [9.17, 15) is 14.7 Å².